The van der Waals surface area contributed by atoms with E-state index in [4.69, 9.17) is 14.7 Å². The molecule has 3 aliphatic rings. The molecule has 0 unspecified atom stereocenters. The smallest absolute Gasteiger partial charge is 0.305 e. The van der Waals surface area contributed by atoms with Crippen molar-refractivity contribution < 1.29 is 9.53 Å². The van der Waals surface area contributed by atoms with Crippen LogP contribution < -0.4 is 9.80 Å². The molecule has 0 aromatic carbocycles. The number of aromatic nitrogens is 2. The molecule has 27 heavy (non-hydrogen) atoms. The van der Waals surface area contributed by atoms with Crippen LogP contribution in [-0.4, -0.2) is 48.7 Å². The Labute approximate surface area is 161 Å². The van der Waals surface area contributed by atoms with Crippen LogP contribution in [0.25, 0.3) is 10.2 Å². The highest BCUT2D eigenvalue weighted by atomic mass is 32.1. The molecule has 0 bridgehead atoms. The molecule has 2 aliphatic heterocycles. The van der Waals surface area contributed by atoms with E-state index in [-0.39, 0.29) is 5.97 Å². The van der Waals surface area contributed by atoms with Gasteiger partial charge in [-0.15, -0.1) is 11.3 Å². The molecular weight excluding hydrogens is 362 g/mol. The lowest BCUT2D eigenvalue weighted by atomic mass is 10.1. The molecule has 3 fully saturated rings. The predicted molar refractivity (Wildman–Crippen MR) is 103 cm³/mol. The lowest BCUT2D eigenvalue weighted by Gasteiger charge is -2.39. The van der Waals surface area contributed by atoms with Gasteiger partial charge in [0, 0.05) is 37.5 Å². The van der Waals surface area contributed by atoms with Crippen molar-refractivity contribution >= 4 is 39.3 Å². The molecule has 8 heteroatoms. The summed E-state index contributed by atoms with van der Waals surface area (Å²) in [4.78, 5) is 25.7. The minimum atomic E-state index is -0.114. The third-order valence-corrected chi connectivity index (χ3v) is 7.35. The average molecular weight is 383 g/mol. The molecule has 1 saturated carbocycles. The molecule has 0 N–H and O–H groups in total. The van der Waals surface area contributed by atoms with Gasteiger partial charge in [-0.3, -0.25) is 4.79 Å². The van der Waals surface area contributed by atoms with E-state index in [1.165, 1.54) is 7.11 Å². The van der Waals surface area contributed by atoms with Crippen LogP contribution >= 0.6 is 11.3 Å². The summed E-state index contributed by atoms with van der Waals surface area (Å²) in [5, 5.41) is 11.3. The van der Waals surface area contributed by atoms with Crippen molar-refractivity contribution in [1.29, 1.82) is 5.26 Å². The van der Waals surface area contributed by atoms with Gasteiger partial charge in [-0.2, -0.15) is 10.2 Å². The molecule has 140 valence electrons. The number of methoxy groups -OCH3 is 1. The quantitative estimate of drug-likeness (QED) is 0.750. The molecule has 2 saturated heterocycles. The Hall–Kier alpha value is -2.40. The SMILES string of the molecule is COC(=O)C[C@@H]1[C@H]2CN(c3nc(N4CC[C@@H]4C)nc4c(C#N)csc34)C[C@@H]12. The minimum Gasteiger partial charge on any atom is -0.469 e. The highest BCUT2D eigenvalue weighted by Gasteiger charge is 2.56. The van der Waals surface area contributed by atoms with E-state index in [9.17, 15) is 10.1 Å². The van der Waals surface area contributed by atoms with E-state index >= 15 is 0 Å². The first-order chi connectivity index (χ1) is 13.1. The number of nitriles is 1. The summed E-state index contributed by atoms with van der Waals surface area (Å²) in [7, 11) is 1.45. The maximum atomic E-state index is 11.6. The maximum Gasteiger partial charge on any atom is 0.305 e. The first kappa shape index (κ1) is 16.8. The first-order valence-corrected chi connectivity index (χ1v) is 10.3. The number of carbonyl (C=O) groups excluding carboxylic acids is 1. The van der Waals surface area contributed by atoms with Crippen molar-refractivity contribution in [2.24, 2.45) is 17.8 Å². The molecule has 4 heterocycles. The molecule has 7 nitrogen and oxygen atoms in total. The number of hydrogen-bond donors (Lipinski definition) is 0. The van der Waals surface area contributed by atoms with Gasteiger partial charge in [-0.25, -0.2) is 4.98 Å². The number of esters is 1. The van der Waals surface area contributed by atoms with Gasteiger partial charge in [0.1, 0.15) is 11.6 Å². The Morgan fingerprint density at radius 2 is 2.19 bits per heavy atom. The van der Waals surface area contributed by atoms with E-state index in [2.05, 4.69) is 22.8 Å². The fourth-order valence-electron chi connectivity index (χ4n) is 4.53. The van der Waals surface area contributed by atoms with Crippen molar-refractivity contribution in [2.75, 3.05) is 36.5 Å². The molecular formula is C19H21N5O2S. The van der Waals surface area contributed by atoms with Crippen LogP contribution in [0.2, 0.25) is 0 Å². The summed E-state index contributed by atoms with van der Waals surface area (Å²) >= 11 is 1.55. The Kier molecular flexibility index (Phi) is 3.76. The van der Waals surface area contributed by atoms with Crippen LogP contribution in [-0.2, 0) is 9.53 Å². The van der Waals surface area contributed by atoms with E-state index in [1.54, 1.807) is 11.3 Å². The topological polar surface area (TPSA) is 82.3 Å². The van der Waals surface area contributed by atoms with Crippen molar-refractivity contribution in [2.45, 2.75) is 25.8 Å². The zero-order chi connectivity index (χ0) is 18.7. The predicted octanol–water partition coefficient (Wildman–Crippen LogP) is 2.41. The van der Waals surface area contributed by atoms with E-state index in [0.717, 1.165) is 48.0 Å². The zero-order valence-electron chi connectivity index (χ0n) is 15.4. The largest absolute Gasteiger partial charge is 0.469 e. The van der Waals surface area contributed by atoms with Crippen LogP contribution in [0, 0.1) is 29.1 Å². The molecule has 5 rings (SSSR count). The van der Waals surface area contributed by atoms with Gasteiger partial charge in [0.25, 0.3) is 0 Å². The van der Waals surface area contributed by atoms with Crippen LogP contribution in [0.1, 0.15) is 25.3 Å². The van der Waals surface area contributed by atoms with Crippen molar-refractivity contribution in [3.8, 4) is 6.07 Å². The summed E-state index contributed by atoms with van der Waals surface area (Å²) in [5.41, 5.74) is 1.40. The molecule has 0 amide bonds. The second-order valence-electron chi connectivity index (χ2n) is 7.79. The fourth-order valence-corrected chi connectivity index (χ4v) is 5.48. The van der Waals surface area contributed by atoms with Crippen molar-refractivity contribution in [3.05, 3.63) is 10.9 Å². The molecule has 1 aliphatic carbocycles. The minimum absolute atomic E-state index is 0.114. The maximum absolute atomic E-state index is 11.6. The standard InChI is InChI=1S/C19H21N5O2S/c1-10-3-4-24(10)19-21-16-11(6-20)9-27-17(16)18(22-19)23-7-13-12(14(13)8-23)5-15(25)26-2/h9-10,12-14H,3-5,7-8H2,1-2H3/t10-,12-,13-,14+/m0/s1. The molecule has 2 aromatic rings. The van der Waals surface area contributed by atoms with Gasteiger partial charge >= 0.3 is 5.97 Å². The van der Waals surface area contributed by atoms with Crippen molar-refractivity contribution in [3.63, 3.8) is 0 Å². The van der Waals surface area contributed by atoms with Crippen LogP contribution in [0.5, 0.6) is 0 Å². The summed E-state index contributed by atoms with van der Waals surface area (Å²) < 4.78 is 5.81. The van der Waals surface area contributed by atoms with Gasteiger partial charge in [-0.05, 0) is 31.1 Å². The Balaban J connectivity index is 1.45. The van der Waals surface area contributed by atoms with E-state index in [0.29, 0.717) is 35.8 Å². The second-order valence-corrected chi connectivity index (χ2v) is 8.67. The Bertz CT molecular complexity index is 955. The fraction of sp³-hybridized carbons (Fsp3) is 0.579. The summed E-state index contributed by atoms with van der Waals surface area (Å²) in [5.74, 6) is 3.09. The van der Waals surface area contributed by atoms with Gasteiger partial charge in [-0.1, -0.05) is 0 Å². The summed E-state index contributed by atoms with van der Waals surface area (Å²) in [6, 6.07) is 2.71. The number of hydrogen-bond acceptors (Lipinski definition) is 8. The number of anilines is 2. The van der Waals surface area contributed by atoms with Crippen LogP contribution in [0.4, 0.5) is 11.8 Å². The number of thiophene rings is 1. The van der Waals surface area contributed by atoms with E-state index < -0.39 is 0 Å². The number of fused-ring (bicyclic) bond motifs is 2. The zero-order valence-corrected chi connectivity index (χ0v) is 16.2. The number of carbonyl (C=O) groups is 1. The Morgan fingerprint density at radius 3 is 2.78 bits per heavy atom. The second kappa shape index (κ2) is 6.06. The number of nitrogens with zero attached hydrogens (tertiary/aromatic N) is 5. The van der Waals surface area contributed by atoms with Crippen LogP contribution in [0.3, 0.4) is 0 Å². The highest BCUT2D eigenvalue weighted by molar-refractivity contribution is 7.18. The van der Waals surface area contributed by atoms with Crippen LogP contribution in [0.15, 0.2) is 5.38 Å². The number of piperidine rings is 1. The van der Waals surface area contributed by atoms with Gasteiger partial charge in [0.2, 0.25) is 5.95 Å². The lowest BCUT2D eigenvalue weighted by Crippen LogP contribution is -2.46. The Morgan fingerprint density at radius 1 is 1.41 bits per heavy atom. The van der Waals surface area contributed by atoms with Gasteiger partial charge < -0.3 is 14.5 Å². The van der Waals surface area contributed by atoms with Crippen molar-refractivity contribution in [1.82, 2.24) is 9.97 Å². The summed E-state index contributed by atoms with van der Waals surface area (Å²) in [6.07, 6.45) is 1.67. The molecule has 0 spiro atoms. The normalized spacial score (nSPS) is 28.6. The summed E-state index contributed by atoms with van der Waals surface area (Å²) in [6.45, 7) is 4.96. The monoisotopic (exact) mass is 383 g/mol. The highest BCUT2D eigenvalue weighted by Crippen LogP contribution is 2.55. The third kappa shape index (κ3) is 2.56. The molecule has 4 atom stereocenters. The molecule has 2 aromatic heterocycles. The van der Waals surface area contributed by atoms with Gasteiger partial charge in [0.15, 0.2) is 5.82 Å². The van der Waals surface area contributed by atoms with E-state index in [1.807, 2.05) is 5.38 Å². The average Bonchev–Trinajstić information content (AvgIpc) is 3.05. The van der Waals surface area contributed by atoms with Gasteiger partial charge in [0.05, 0.1) is 17.4 Å². The number of rotatable bonds is 4. The first-order valence-electron chi connectivity index (χ1n) is 9.38. The molecule has 0 radical (unpaired) electrons. The lowest BCUT2D eigenvalue weighted by molar-refractivity contribution is -0.141. The third-order valence-electron chi connectivity index (χ3n) is 6.38. The number of ether oxygens (including phenoxy) is 1.